The van der Waals surface area contributed by atoms with E-state index in [1.165, 1.54) is 57.4 Å². The van der Waals surface area contributed by atoms with Gasteiger partial charge in [0.25, 0.3) is 0 Å². The van der Waals surface area contributed by atoms with Gasteiger partial charge in [0.05, 0.1) is 0 Å². The van der Waals surface area contributed by atoms with E-state index in [2.05, 4.69) is 121 Å². The Morgan fingerprint density at radius 2 is 0.594 bits per heavy atom. The first-order valence-corrected chi connectivity index (χ1v) is 11.6. The lowest BCUT2D eigenvalue weighted by atomic mass is 9.78. The van der Waals surface area contributed by atoms with Crippen molar-refractivity contribution in [3.63, 3.8) is 0 Å². The Kier molecular flexibility index (Phi) is 6.12. The first-order chi connectivity index (χ1) is 15.9. The third kappa shape index (κ3) is 4.22. The molecule has 0 nitrogen and oxygen atoms in total. The molecule has 0 aromatic heterocycles. The van der Waals surface area contributed by atoms with Crippen LogP contribution < -0.4 is 0 Å². The summed E-state index contributed by atoms with van der Waals surface area (Å²) in [5.74, 6) is 0. The van der Waals surface area contributed by atoms with Crippen LogP contribution in [0.1, 0.15) is 47.9 Å². The van der Waals surface area contributed by atoms with E-state index in [0.717, 1.165) is 12.8 Å². The molecule has 156 valence electrons. The van der Waals surface area contributed by atoms with Gasteiger partial charge < -0.3 is 0 Å². The van der Waals surface area contributed by atoms with Gasteiger partial charge in [-0.05, 0) is 70.2 Å². The van der Waals surface area contributed by atoms with Crippen LogP contribution in [0.2, 0.25) is 0 Å². The minimum Gasteiger partial charge on any atom is -0.0622 e. The van der Waals surface area contributed by atoms with Gasteiger partial charge in [-0.2, -0.15) is 0 Å². The van der Waals surface area contributed by atoms with Crippen molar-refractivity contribution >= 4 is 22.3 Å². The Bertz CT molecular complexity index is 1110. The first kappa shape index (κ1) is 20.3. The summed E-state index contributed by atoms with van der Waals surface area (Å²) in [6.45, 7) is 0. The second kappa shape index (κ2) is 9.66. The lowest BCUT2D eigenvalue weighted by molar-refractivity contribution is 0.776. The molecule has 4 aromatic carbocycles. The molecule has 0 unspecified atom stereocenters. The first-order valence-electron chi connectivity index (χ1n) is 11.6. The zero-order chi connectivity index (χ0) is 21.6. The average Bonchev–Trinajstić information content (AvgIpc) is 2.86. The fraction of sp³-hybridized carbons (Fsp3) is 0.125. The predicted octanol–water partition coefficient (Wildman–Crippen LogP) is 8.78. The molecule has 0 heteroatoms. The van der Waals surface area contributed by atoms with Gasteiger partial charge in [-0.1, -0.05) is 121 Å². The molecule has 1 aliphatic carbocycles. The highest BCUT2D eigenvalue weighted by Crippen LogP contribution is 2.46. The standard InChI is InChI=1S/C32H28/c1-5-15-25(16-6-1)29-23-13-14-24-30(26-17-7-2-8-18-26)32(28-21-11-4-12-22-28)31(29)27-19-9-3-10-20-27/h1-12,15-22H,13-14,23-24H2/b31-29+,32-30+. The quantitative estimate of drug-likeness (QED) is 0.314. The monoisotopic (exact) mass is 412 g/mol. The molecule has 0 atom stereocenters. The summed E-state index contributed by atoms with van der Waals surface area (Å²) in [7, 11) is 0. The second-order valence-corrected chi connectivity index (χ2v) is 8.38. The minimum atomic E-state index is 1.09. The third-order valence-corrected chi connectivity index (χ3v) is 6.33. The fourth-order valence-corrected chi connectivity index (χ4v) is 4.86. The van der Waals surface area contributed by atoms with Crippen molar-refractivity contribution in [1.82, 2.24) is 0 Å². The zero-order valence-electron chi connectivity index (χ0n) is 18.4. The van der Waals surface area contributed by atoms with Crippen LogP contribution in [0.3, 0.4) is 0 Å². The Morgan fingerprint density at radius 3 is 0.906 bits per heavy atom. The number of hydrogen-bond donors (Lipinski definition) is 0. The molecule has 0 saturated heterocycles. The summed E-state index contributed by atoms with van der Waals surface area (Å²) < 4.78 is 0. The van der Waals surface area contributed by atoms with Crippen LogP contribution in [0.5, 0.6) is 0 Å². The van der Waals surface area contributed by atoms with Crippen molar-refractivity contribution in [3.05, 3.63) is 144 Å². The molecule has 0 heterocycles. The number of hydrogen-bond acceptors (Lipinski definition) is 0. The highest BCUT2D eigenvalue weighted by Gasteiger charge is 2.23. The Morgan fingerprint density at radius 1 is 0.312 bits per heavy atom. The molecule has 1 aliphatic rings. The summed E-state index contributed by atoms with van der Waals surface area (Å²) in [5, 5.41) is 0. The maximum atomic E-state index is 2.27. The van der Waals surface area contributed by atoms with E-state index >= 15 is 0 Å². The van der Waals surface area contributed by atoms with Gasteiger partial charge in [-0.3, -0.25) is 0 Å². The largest absolute Gasteiger partial charge is 0.0622 e. The Hall–Kier alpha value is -3.64. The van der Waals surface area contributed by atoms with Crippen molar-refractivity contribution in [3.8, 4) is 0 Å². The highest BCUT2D eigenvalue weighted by atomic mass is 14.3. The van der Waals surface area contributed by atoms with Gasteiger partial charge in [0.2, 0.25) is 0 Å². The summed E-state index contributed by atoms with van der Waals surface area (Å²) >= 11 is 0. The van der Waals surface area contributed by atoms with Crippen LogP contribution in [0.4, 0.5) is 0 Å². The number of benzene rings is 4. The number of rotatable bonds is 4. The lowest BCUT2D eigenvalue weighted by Gasteiger charge is -2.26. The van der Waals surface area contributed by atoms with Gasteiger partial charge in [0.15, 0.2) is 0 Å². The van der Waals surface area contributed by atoms with Gasteiger partial charge in [0.1, 0.15) is 0 Å². The van der Waals surface area contributed by atoms with E-state index < -0.39 is 0 Å². The molecule has 4 aromatic rings. The molecular formula is C32H28. The summed E-state index contributed by atoms with van der Waals surface area (Å²) in [6.07, 6.45) is 4.57. The lowest BCUT2D eigenvalue weighted by Crippen LogP contribution is -2.03. The van der Waals surface area contributed by atoms with E-state index in [-0.39, 0.29) is 0 Å². The van der Waals surface area contributed by atoms with Crippen molar-refractivity contribution in [2.45, 2.75) is 25.7 Å². The van der Waals surface area contributed by atoms with Crippen LogP contribution in [-0.4, -0.2) is 0 Å². The Labute approximate surface area is 191 Å². The molecule has 0 fully saturated rings. The summed E-state index contributed by atoms with van der Waals surface area (Å²) in [6, 6.07) is 43.9. The third-order valence-electron chi connectivity index (χ3n) is 6.33. The molecule has 5 rings (SSSR count). The van der Waals surface area contributed by atoms with Crippen LogP contribution in [-0.2, 0) is 0 Å². The highest BCUT2D eigenvalue weighted by molar-refractivity contribution is 6.21. The SMILES string of the molecule is c1ccc(/C2=C(c3ccccc3)/C(c3ccccc3)=C(/c3ccccc3)CCCC2)cc1. The van der Waals surface area contributed by atoms with Crippen molar-refractivity contribution < 1.29 is 0 Å². The zero-order valence-corrected chi connectivity index (χ0v) is 18.4. The molecule has 0 saturated carbocycles. The summed E-state index contributed by atoms with van der Waals surface area (Å²) in [4.78, 5) is 0. The van der Waals surface area contributed by atoms with Crippen molar-refractivity contribution in [1.29, 1.82) is 0 Å². The van der Waals surface area contributed by atoms with Gasteiger partial charge >= 0.3 is 0 Å². The molecule has 0 spiro atoms. The topological polar surface area (TPSA) is 0 Å². The van der Waals surface area contributed by atoms with Crippen LogP contribution in [0.25, 0.3) is 22.3 Å². The molecule has 32 heavy (non-hydrogen) atoms. The van der Waals surface area contributed by atoms with E-state index in [1.807, 2.05) is 0 Å². The van der Waals surface area contributed by atoms with E-state index in [4.69, 9.17) is 0 Å². The molecular weight excluding hydrogens is 384 g/mol. The number of allylic oxidation sites excluding steroid dienone is 4. The fourth-order valence-electron chi connectivity index (χ4n) is 4.86. The molecule has 0 aliphatic heterocycles. The maximum Gasteiger partial charge on any atom is -0.00643 e. The predicted molar refractivity (Wildman–Crippen MR) is 138 cm³/mol. The van der Waals surface area contributed by atoms with E-state index in [1.54, 1.807) is 0 Å². The maximum absolute atomic E-state index is 2.27. The summed E-state index contributed by atoms with van der Waals surface area (Å²) in [5.41, 5.74) is 10.9. The molecule has 0 radical (unpaired) electrons. The molecule has 0 amide bonds. The normalized spacial score (nSPS) is 19.2. The Balaban J connectivity index is 1.90. The molecule has 0 N–H and O–H groups in total. The average molecular weight is 413 g/mol. The molecule has 0 bridgehead atoms. The second-order valence-electron chi connectivity index (χ2n) is 8.38. The van der Waals surface area contributed by atoms with Gasteiger partial charge in [-0.25, -0.2) is 0 Å². The van der Waals surface area contributed by atoms with Gasteiger partial charge in [-0.15, -0.1) is 0 Å². The van der Waals surface area contributed by atoms with Crippen molar-refractivity contribution in [2.75, 3.05) is 0 Å². The van der Waals surface area contributed by atoms with Crippen LogP contribution in [0.15, 0.2) is 121 Å². The smallest absolute Gasteiger partial charge is 0.00643 e. The van der Waals surface area contributed by atoms with Crippen LogP contribution >= 0.6 is 0 Å². The van der Waals surface area contributed by atoms with Gasteiger partial charge in [0, 0.05) is 0 Å². The minimum absolute atomic E-state index is 1.09. The van der Waals surface area contributed by atoms with E-state index in [9.17, 15) is 0 Å². The van der Waals surface area contributed by atoms with Crippen molar-refractivity contribution in [2.24, 2.45) is 0 Å². The van der Waals surface area contributed by atoms with E-state index in [0.29, 0.717) is 0 Å². The van der Waals surface area contributed by atoms with Crippen LogP contribution in [0, 0.1) is 0 Å².